The highest BCUT2D eigenvalue weighted by Crippen LogP contribution is 2.12. The first-order chi connectivity index (χ1) is 14.5. The van der Waals surface area contributed by atoms with Crippen LogP contribution in [0.3, 0.4) is 0 Å². The third-order valence-electron chi connectivity index (χ3n) is 4.80. The highest BCUT2D eigenvalue weighted by Gasteiger charge is 2.28. The maximum absolute atomic E-state index is 12.6. The van der Waals surface area contributed by atoms with Crippen LogP contribution in [0.25, 0.3) is 5.82 Å². The number of nitrogens with zero attached hydrogens (tertiary/aromatic N) is 4. The number of nitrogens with one attached hydrogen (secondary N) is 2. The van der Waals surface area contributed by atoms with E-state index in [1.165, 1.54) is 0 Å². The van der Waals surface area contributed by atoms with E-state index in [1.54, 1.807) is 36.7 Å². The third-order valence-corrected chi connectivity index (χ3v) is 4.80. The quantitative estimate of drug-likeness (QED) is 0.606. The summed E-state index contributed by atoms with van der Waals surface area (Å²) in [5.74, 6) is 1.03. The van der Waals surface area contributed by atoms with Crippen LogP contribution in [0.4, 0.5) is 4.79 Å². The van der Waals surface area contributed by atoms with Gasteiger partial charge in [0.2, 0.25) is 5.91 Å². The summed E-state index contributed by atoms with van der Waals surface area (Å²) >= 11 is 0. The minimum Gasteiger partial charge on any atom is -0.348 e. The highest BCUT2D eigenvalue weighted by atomic mass is 16.2. The molecule has 0 bridgehead atoms. The van der Waals surface area contributed by atoms with Gasteiger partial charge in [0.25, 0.3) is 5.91 Å². The van der Waals surface area contributed by atoms with E-state index in [0.717, 1.165) is 22.1 Å². The molecule has 1 aromatic carbocycles. The van der Waals surface area contributed by atoms with E-state index < -0.39 is 6.03 Å². The van der Waals surface area contributed by atoms with Crippen molar-refractivity contribution >= 4 is 17.8 Å². The number of hydrogen-bond acceptors (Lipinski definition) is 5. The first-order valence-electron chi connectivity index (χ1n) is 9.42. The van der Waals surface area contributed by atoms with E-state index in [4.69, 9.17) is 0 Å². The van der Waals surface area contributed by atoms with Crippen molar-refractivity contribution in [2.24, 2.45) is 0 Å². The SMILES string of the molecule is Cc1nccn1-c1cc(CNC(=O)c2cccc(CN3C(=O)CNC3=O)c2)ccn1. The van der Waals surface area contributed by atoms with Gasteiger partial charge in [-0.15, -0.1) is 0 Å². The molecular weight excluding hydrogens is 384 g/mol. The molecule has 0 spiro atoms. The Labute approximate surface area is 172 Å². The fourth-order valence-corrected chi connectivity index (χ4v) is 3.22. The lowest BCUT2D eigenvalue weighted by molar-refractivity contribution is -0.125. The molecular formula is C21H20N6O3. The largest absolute Gasteiger partial charge is 0.348 e. The topological polar surface area (TPSA) is 109 Å². The number of carbonyl (C=O) groups excluding carboxylic acids is 3. The zero-order valence-corrected chi connectivity index (χ0v) is 16.3. The molecule has 2 N–H and O–H groups in total. The van der Waals surface area contributed by atoms with Crippen LogP contribution >= 0.6 is 0 Å². The van der Waals surface area contributed by atoms with Crippen LogP contribution in [0, 0.1) is 6.92 Å². The molecule has 1 fully saturated rings. The van der Waals surface area contributed by atoms with Crippen molar-refractivity contribution < 1.29 is 14.4 Å². The summed E-state index contributed by atoms with van der Waals surface area (Å²) in [5.41, 5.74) is 2.06. The summed E-state index contributed by atoms with van der Waals surface area (Å²) in [5, 5.41) is 5.37. The van der Waals surface area contributed by atoms with Gasteiger partial charge in [-0.25, -0.2) is 14.8 Å². The lowest BCUT2D eigenvalue weighted by Gasteiger charge is -2.13. The second kappa shape index (κ2) is 8.16. The van der Waals surface area contributed by atoms with Crippen molar-refractivity contribution in [3.05, 3.63) is 77.5 Å². The lowest BCUT2D eigenvalue weighted by Crippen LogP contribution is -2.30. The van der Waals surface area contributed by atoms with Gasteiger partial charge in [-0.1, -0.05) is 12.1 Å². The number of imide groups is 1. The monoisotopic (exact) mass is 404 g/mol. The van der Waals surface area contributed by atoms with Gasteiger partial charge in [0.05, 0.1) is 13.1 Å². The summed E-state index contributed by atoms with van der Waals surface area (Å²) in [7, 11) is 0. The van der Waals surface area contributed by atoms with Crippen LogP contribution in [-0.2, 0) is 17.9 Å². The number of carbonyl (C=O) groups is 3. The van der Waals surface area contributed by atoms with Gasteiger partial charge < -0.3 is 10.6 Å². The smallest absolute Gasteiger partial charge is 0.324 e. The van der Waals surface area contributed by atoms with Crippen molar-refractivity contribution in [3.8, 4) is 5.82 Å². The van der Waals surface area contributed by atoms with Gasteiger partial charge in [-0.3, -0.25) is 19.1 Å². The predicted octanol–water partition coefficient (Wildman–Crippen LogP) is 1.56. The molecule has 152 valence electrons. The minimum absolute atomic E-state index is 0.00549. The standard InChI is InChI=1S/C21H20N6O3/c1-14-22-7-8-26(14)18-10-15(5-6-23-18)11-24-20(29)17-4-2-3-16(9-17)13-27-19(28)12-25-21(27)30/h2-10H,11-13H2,1H3,(H,24,29)(H,25,30). The lowest BCUT2D eigenvalue weighted by atomic mass is 10.1. The summed E-state index contributed by atoms with van der Waals surface area (Å²) in [6.45, 7) is 2.36. The van der Waals surface area contributed by atoms with Crippen LogP contribution in [-0.4, -0.2) is 43.8 Å². The number of aromatic nitrogens is 3. The van der Waals surface area contributed by atoms with Crippen LogP contribution in [0.15, 0.2) is 55.0 Å². The minimum atomic E-state index is -0.420. The number of hydrogen-bond donors (Lipinski definition) is 2. The molecule has 0 saturated carbocycles. The summed E-state index contributed by atoms with van der Waals surface area (Å²) in [6, 6.07) is 10.2. The van der Waals surface area contributed by atoms with Crippen molar-refractivity contribution in [3.63, 3.8) is 0 Å². The Morgan fingerprint density at radius 1 is 1.13 bits per heavy atom. The molecule has 1 aliphatic heterocycles. The molecule has 3 heterocycles. The van der Waals surface area contributed by atoms with Crippen molar-refractivity contribution in [2.75, 3.05) is 6.54 Å². The van der Waals surface area contributed by atoms with E-state index >= 15 is 0 Å². The molecule has 30 heavy (non-hydrogen) atoms. The fourth-order valence-electron chi connectivity index (χ4n) is 3.22. The average Bonchev–Trinajstić information content (AvgIpc) is 3.32. The van der Waals surface area contributed by atoms with Crippen molar-refractivity contribution in [1.29, 1.82) is 0 Å². The van der Waals surface area contributed by atoms with Crippen LogP contribution in [0.1, 0.15) is 27.3 Å². The van der Waals surface area contributed by atoms with Gasteiger partial charge in [0.15, 0.2) is 0 Å². The Bertz CT molecular complexity index is 1110. The summed E-state index contributed by atoms with van der Waals surface area (Å²) in [6.07, 6.45) is 5.23. The number of aryl methyl sites for hydroxylation is 1. The van der Waals surface area contributed by atoms with Gasteiger partial charge in [-0.05, 0) is 42.3 Å². The van der Waals surface area contributed by atoms with E-state index in [9.17, 15) is 14.4 Å². The highest BCUT2D eigenvalue weighted by molar-refractivity contribution is 6.02. The van der Waals surface area contributed by atoms with Gasteiger partial charge >= 0.3 is 6.03 Å². The predicted molar refractivity (Wildman–Crippen MR) is 108 cm³/mol. The number of rotatable bonds is 6. The van der Waals surface area contributed by atoms with Crippen molar-refractivity contribution in [1.82, 2.24) is 30.1 Å². The number of imidazole rings is 1. The van der Waals surface area contributed by atoms with E-state index in [2.05, 4.69) is 20.6 Å². The number of urea groups is 1. The average molecular weight is 404 g/mol. The summed E-state index contributed by atoms with van der Waals surface area (Å²) in [4.78, 5) is 45.7. The van der Waals surface area contributed by atoms with Crippen LogP contribution < -0.4 is 10.6 Å². The number of amides is 4. The Morgan fingerprint density at radius 3 is 2.73 bits per heavy atom. The zero-order chi connectivity index (χ0) is 21.1. The molecule has 4 rings (SSSR count). The molecule has 4 amide bonds. The van der Waals surface area contributed by atoms with E-state index in [-0.39, 0.29) is 24.9 Å². The second-order valence-corrected chi connectivity index (χ2v) is 6.89. The van der Waals surface area contributed by atoms with Gasteiger partial charge in [0, 0.05) is 30.7 Å². The van der Waals surface area contributed by atoms with Crippen LogP contribution in [0.5, 0.6) is 0 Å². The first-order valence-corrected chi connectivity index (χ1v) is 9.42. The Balaban J connectivity index is 1.42. The fraction of sp³-hybridized carbons (Fsp3) is 0.190. The molecule has 1 saturated heterocycles. The number of pyridine rings is 1. The Morgan fingerprint density at radius 2 is 2.00 bits per heavy atom. The molecule has 9 nitrogen and oxygen atoms in total. The Kier molecular flexibility index (Phi) is 5.25. The van der Waals surface area contributed by atoms with Crippen molar-refractivity contribution in [2.45, 2.75) is 20.0 Å². The zero-order valence-electron chi connectivity index (χ0n) is 16.3. The number of benzene rings is 1. The van der Waals surface area contributed by atoms with Gasteiger partial charge in [-0.2, -0.15) is 0 Å². The molecule has 0 aliphatic carbocycles. The first kappa shape index (κ1) is 19.3. The normalized spacial score (nSPS) is 13.4. The maximum Gasteiger partial charge on any atom is 0.324 e. The Hall–Kier alpha value is -4.01. The molecule has 1 aliphatic rings. The molecule has 9 heteroatoms. The van der Waals surface area contributed by atoms with Gasteiger partial charge in [0.1, 0.15) is 11.6 Å². The van der Waals surface area contributed by atoms with Crippen LogP contribution in [0.2, 0.25) is 0 Å². The molecule has 0 atom stereocenters. The van der Waals surface area contributed by atoms with E-state index in [0.29, 0.717) is 17.7 Å². The second-order valence-electron chi connectivity index (χ2n) is 6.89. The maximum atomic E-state index is 12.6. The summed E-state index contributed by atoms with van der Waals surface area (Å²) < 4.78 is 1.87. The molecule has 3 aromatic rings. The third kappa shape index (κ3) is 4.04. The molecule has 0 unspecified atom stereocenters. The molecule has 0 radical (unpaired) electrons. The van der Waals surface area contributed by atoms with E-state index in [1.807, 2.05) is 29.8 Å². The molecule has 2 aromatic heterocycles.